The van der Waals surface area contributed by atoms with Crippen molar-refractivity contribution in [2.24, 2.45) is 5.92 Å². The van der Waals surface area contributed by atoms with Crippen LogP contribution in [0.4, 0.5) is 5.69 Å². The number of carbonyl (C=O) groups is 1. The molecule has 2 heterocycles. The molecule has 0 saturated heterocycles. The molecule has 1 aliphatic rings. The molecule has 22 heavy (non-hydrogen) atoms. The SMILES string of the molecule is C=CCC1Cc2nc3c(cnn3CCC#CC)c(N)c2C1=O. The lowest BCUT2D eigenvalue weighted by Gasteiger charge is -2.05. The molecule has 0 aliphatic heterocycles. The average Bonchev–Trinajstić information content (AvgIpc) is 3.03. The number of aryl methyl sites for hydroxylation is 1. The summed E-state index contributed by atoms with van der Waals surface area (Å²) < 4.78 is 1.81. The van der Waals surface area contributed by atoms with E-state index in [1.165, 1.54) is 0 Å². The van der Waals surface area contributed by atoms with Crippen LogP contribution in [0.2, 0.25) is 0 Å². The summed E-state index contributed by atoms with van der Waals surface area (Å²) in [5, 5.41) is 5.07. The molecule has 3 rings (SSSR count). The monoisotopic (exact) mass is 294 g/mol. The van der Waals surface area contributed by atoms with Gasteiger partial charge in [0.15, 0.2) is 11.4 Å². The van der Waals surface area contributed by atoms with E-state index in [1.807, 2.05) is 11.6 Å². The van der Waals surface area contributed by atoms with E-state index in [-0.39, 0.29) is 11.7 Å². The van der Waals surface area contributed by atoms with Crippen LogP contribution >= 0.6 is 0 Å². The maximum absolute atomic E-state index is 12.5. The van der Waals surface area contributed by atoms with E-state index in [2.05, 4.69) is 28.5 Å². The molecule has 2 N–H and O–H groups in total. The Labute approximate surface area is 129 Å². The van der Waals surface area contributed by atoms with Crippen molar-refractivity contribution in [3.8, 4) is 11.8 Å². The Balaban J connectivity index is 2.05. The van der Waals surface area contributed by atoms with Crippen molar-refractivity contribution in [3.63, 3.8) is 0 Å². The number of pyridine rings is 1. The maximum Gasteiger partial charge on any atom is 0.170 e. The van der Waals surface area contributed by atoms with Crippen LogP contribution in [-0.4, -0.2) is 20.5 Å². The Morgan fingerprint density at radius 1 is 1.59 bits per heavy atom. The number of anilines is 1. The third-order valence-electron chi connectivity index (χ3n) is 4.03. The summed E-state index contributed by atoms with van der Waals surface area (Å²) in [6.07, 6.45) is 5.45. The zero-order valence-electron chi connectivity index (χ0n) is 12.6. The van der Waals surface area contributed by atoms with E-state index in [9.17, 15) is 4.79 Å². The first-order chi connectivity index (χ1) is 10.7. The molecule has 0 saturated carbocycles. The fraction of sp³-hybridized carbons (Fsp3) is 0.353. The maximum atomic E-state index is 12.5. The number of aromatic nitrogens is 3. The lowest BCUT2D eigenvalue weighted by atomic mass is 10.0. The highest BCUT2D eigenvalue weighted by Gasteiger charge is 2.34. The van der Waals surface area contributed by atoms with Crippen molar-refractivity contribution in [1.29, 1.82) is 0 Å². The molecule has 1 atom stereocenters. The van der Waals surface area contributed by atoms with Gasteiger partial charge in [-0.1, -0.05) is 6.08 Å². The summed E-state index contributed by atoms with van der Waals surface area (Å²) >= 11 is 0. The average molecular weight is 294 g/mol. The number of nitrogens with two attached hydrogens (primary N) is 1. The number of allylic oxidation sites excluding steroid dienone is 1. The molecular formula is C17H18N4O. The second-order valence-electron chi connectivity index (χ2n) is 5.42. The van der Waals surface area contributed by atoms with Gasteiger partial charge in [0.2, 0.25) is 0 Å². The van der Waals surface area contributed by atoms with Crippen LogP contribution in [0.3, 0.4) is 0 Å². The van der Waals surface area contributed by atoms with Gasteiger partial charge in [-0.15, -0.1) is 18.4 Å². The first-order valence-electron chi connectivity index (χ1n) is 7.36. The Morgan fingerprint density at radius 2 is 2.41 bits per heavy atom. The molecule has 112 valence electrons. The second kappa shape index (κ2) is 5.64. The third kappa shape index (κ3) is 2.17. The Morgan fingerprint density at radius 3 is 3.14 bits per heavy atom. The van der Waals surface area contributed by atoms with Crippen LogP contribution in [-0.2, 0) is 13.0 Å². The summed E-state index contributed by atoms with van der Waals surface area (Å²) in [5.41, 5.74) is 8.82. The topological polar surface area (TPSA) is 73.8 Å². The largest absolute Gasteiger partial charge is 0.397 e. The molecule has 1 unspecified atom stereocenters. The quantitative estimate of drug-likeness (QED) is 0.694. The Bertz CT molecular complexity index is 823. The number of nitrogens with zero attached hydrogens (tertiary/aromatic N) is 3. The van der Waals surface area contributed by atoms with Crippen molar-refractivity contribution < 1.29 is 4.79 Å². The first-order valence-corrected chi connectivity index (χ1v) is 7.36. The fourth-order valence-corrected chi connectivity index (χ4v) is 2.96. The molecule has 2 aromatic heterocycles. The number of carbonyl (C=O) groups excluding carboxylic acids is 1. The Kier molecular flexibility index (Phi) is 3.68. The highest BCUT2D eigenvalue weighted by molar-refractivity contribution is 6.11. The summed E-state index contributed by atoms with van der Waals surface area (Å²) in [6, 6.07) is 0. The van der Waals surface area contributed by atoms with Crippen molar-refractivity contribution in [2.45, 2.75) is 32.7 Å². The zero-order valence-corrected chi connectivity index (χ0v) is 12.6. The molecule has 0 bridgehead atoms. The normalized spacial score (nSPS) is 16.4. The van der Waals surface area contributed by atoms with Gasteiger partial charge < -0.3 is 5.73 Å². The standard InChI is InChI=1S/C17H18N4O/c1-3-5-6-8-21-17-12(10-19-21)15(18)14-13(20-17)9-11(7-4-2)16(14)22/h4,10-11H,2,6-9H2,1H3,(H2,18,20). The summed E-state index contributed by atoms with van der Waals surface area (Å²) in [7, 11) is 0. The van der Waals surface area contributed by atoms with Crippen LogP contribution in [0.5, 0.6) is 0 Å². The van der Waals surface area contributed by atoms with Gasteiger partial charge in [0, 0.05) is 18.8 Å². The number of nitrogen functional groups attached to an aromatic ring is 1. The van der Waals surface area contributed by atoms with Crippen molar-refractivity contribution in [1.82, 2.24) is 14.8 Å². The number of rotatable bonds is 4. The zero-order chi connectivity index (χ0) is 15.7. The van der Waals surface area contributed by atoms with Crippen molar-refractivity contribution >= 4 is 22.5 Å². The molecule has 0 fully saturated rings. The summed E-state index contributed by atoms with van der Waals surface area (Å²) in [6.45, 7) is 6.20. The highest BCUT2D eigenvalue weighted by Crippen LogP contribution is 2.35. The fourth-order valence-electron chi connectivity index (χ4n) is 2.96. The van der Waals surface area contributed by atoms with Crippen LogP contribution < -0.4 is 5.73 Å². The predicted molar refractivity (Wildman–Crippen MR) is 86.3 cm³/mol. The van der Waals surface area contributed by atoms with Crippen LogP contribution in [0.1, 0.15) is 35.8 Å². The summed E-state index contributed by atoms with van der Waals surface area (Å²) in [5.74, 6) is 5.87. The van der Waals surface area contributed by atoms with E-state index in [0.717, 1.165) is 16.7 Å². The van der Waals surface area contributed by atoms with Crippen molar-refractivity contribution in [3.05, 3.63) is 30.1 Å². The van der Waals surface area contributed by atoms with Crippen LogP contribution in [0.25, 0.3) is 11.0 Å². The molecule has 5 nitrogen and oxygen atoms in total. The van der Waals surface area contributed by atoms with E-state index < -0.39 is 0 Å². The van der Waals surface area contributed by atoms with E-state index >= 15 is 0 Å². The smallest absolute Gasteiger partial charge is 0.170 e. The number of ketones is 1. The third-order valence-corrected chi connectivity index (χ3v) is 4.03. The predicted octanol–water partition coefficient (Wildman–Crippen LogP) is 2.36. The highest BCUT2D eigenvalue weighted by atomic mass is 16.1. The molecular weight excluding hydrogens is 276 g/mol. The minimum absolute atomic E-state index is 0.0754. The van der Waals surface area contributed by atoms with Gasteiger partial charge in [-0.05, 0) is 13.3 Å². The molecule has 1 aliphatic carbocycles. The van der Waals surface area contributed by atoms with Gasteiger partial charge in [-0.3, -0.25) is 4.79 Å². The second-order valence-corrected chi connectivity index (χ2v) is 5.42. The van der Waals surface area contributed by atoms with Gasteiger partial charge in [0.25, 0.3) is 0 Å². The summed E-state index contributed by atoms with van der Waals surface area (Å²) in [4.78, 5) is 17.1. The molecule has 0 spiro atoms. The molecule has 2 aromatic rings. The Hall–Kier alpha value is -2.61. The lowest BCUT2D eigenvalue weighted by Crippen LogP contribution is -2.09. The molecule has 5 heteroatoms. The van der Waals surface area contributed by atoms with Gasteiger partial charge in [-0.25, -0.2) is 9.67 Å². The number of hydrogen-bond acceptors (Lipinski definition) is 4. The lowest BCUT2D eigenvalue weighted by molar-refractivity contribution is 0.0938. The van der Waals surface area contributed by atoms with E-state index in [4.69, 9.17) is 5.73 Å². The molecule has 0 amide bonds. The van der Waals surface area contributed by atoms with Crippen LogP contribution in [0, 0.1) is 17.8 Å². The minimum atomic E-state index is -0.0822. The van der Waals surface area contributed by atoms with Gasteiger partial charge in [0.05, 0.1) is 35.1 Å². The van der Waals surface area contributed by atoms with E-state index in [1.54, 1.807) is 12.3 Å². The van der Waals surface area contributed by atoms with Crippen molar-refractivity contribution in [2.75, 3.05) is 5.73 Å². The van der Waals surface area contributed by atoms with Gasteiger partial charge in [-0.2, -0.15) is 5.10 Å². The van der Waals surface area contributed by atoms with Crippen LogP contribution in [0.15, 0.2) is 18.9 Å². The molecule has 0 radical (unpaired) electrons. The number of hydrogen-bond donors (Lipinski definition) is 1. The first kappa shape index (κ1) is 14.3. The van der Waals surface area contributed by atoms with Gasteiger partial charge >= 0.3 is 0 Å². The number of fused-ring (bicyclic) bond motifs is 2. The minimum Gasteiger partial charge on any atom is -0.397 e. The molecule has 0 aromatic carbocycles. The number of Topliss-reactive ketones (excluding diaryl/α,β-unsaturated/α-hetero) is 1. The van der Waals surface area contributed by atoms with E-state index in [0.29, 0.717) is 37.1 Å². The van der Waals surface area contributed by atoms with Gasteiger partial charge in [0.1, 0.15) is 0 Å².